The fourth-order valence-electron chi connectivity index (χ4n) is 1.76. The van der Waals surface area contributed by atoms with Gasteiger partial charge >= 0.3 is 0 Å². The lowest BCUT2D eigenvalue weighted by molar-refractivity contribution is -0.113. The molecule has 2 aromatic carbocycles. The van der Waals surface area contributed by atoms with Crippen LogP contribution in [0.1, 0.15) is 5.56 Å². The summed E-state index contributed by atoms with van der Waals surface area (Å²) in [6.07, 6.45) is 0. The molecular formula is C16H13BrN2OS2. The first-order valence-electron chi connectivity index (χ1n) is 6.43. The number of rotatable bonds is 5. The van der Waals surface area contributed by atoms with E-state index in [0.717, 1.165) is 37.3 Å². The van der Waals surface area contributed by atoms with E-state index in [-0.39, 0.29) is 5.91 Å². The van der Waals surface area contributed by atoms with Crippen LogP contribution in [0.5, 0.6) is 0 Å². The molecule has 0 unspecified atom stereocenters. The maximum atomic E-state index is 12.0. The number of nitrogens with zero attached hydrogens (tertiary/aromatic N) is 1. The van der Waals surface area contributed by atoms with Crippen molar-refractivity contribution in [2.75, 3.05) is 11.1 Å². The maximum absolute atomic E-state index is 12.0. The number of thiocyanates is 1. The average Bonchev–Trinajstić information content (AvgIpc) is 2.50. The van der Waals surface area contributed by atoms with E-state index in [1.54, 1.807) is 0 Å². The molecule has 22 heavy (non-hydrogen) atoms. The van der Waals surface area contributed by atoms with Gasteiger partial charge in [0.05, 0.1) is 5.75 Å². The maximum Gasteiger partial charge on any atom is 0.234 e. The van der Waals surface area contributed by atoms with Gasteiger partial charge in [0, 0.05) is 20.0 Å². The summed E-state index contributed by atoms with van der Waals surface area (Å²) in [6.45, 7) is 1.92. The standard InChI is InChI=1S/C16H13BrN2OS2/c1-11-8-14(22-10-18)6-7-15(11)19-16(20)9-21-13-4-2-12(17)3-5-13/h2-8H,9H2,1H3,(H,19,20). The molecule has 0 fully saturated rings. The van der Waals surface area contributed by atoms with Gasteiger partial charge < -0.3 is 5.32 Å². The van der Waals surface area contributed by atoms with E-state index >= 15 is 0 Å². The number of nitriles is 1. The van der Waals surface area contributed by atoms with Crippen LogP contribution in [-0.2, 0) is 4.79 Å². The highest BCUT2D eigenvalue weighted by atomic mass is 79.9. The third kappa shape index (κ3) is 5.09. The van der Waals surface area contributed by atoms with Crippen LogP contribution in [0.25, 0.3) is 0 Å². The molecule has 1 amide bonds. The van der Waals surface area contributed by atoms with Crippen molar-refractivity contribution >= 4 is 51.0 Å². The van der Waals surface area contributed by atoms with Crippen LogP contribution in [0.15, 0.2) is 56.7 Å². The van der Waals surface area contributed by atoms with Gasteiger partial charge in [-0.1, -0.05) is 15.9 Å². The Bertz CT molecular complexity index is 711. The van der Waals surface area contributed by atoms with Crippen molar-refractivity contribution in [1.29, 1.82) is 5.26 Å². The Labute approximate surface area is 146 Å². The number of carbonyl (C=O) groups is 1. The van der Waals surface area contributed by atoms with E-state index in [1.807, 2.05) is 54.8 Å². The van der Waals surface area contributed by atoms with Crippen LogP contribution in [-0.4, -0.2) is 11.7 Å². The Morgan fingerprint density at radius 1 is 1.23 bits per heavy atom. The minimum atomic E-state index is -0.0447. The molecule has 1 N–H and O–H groups in total. The van der Waals surface area contributed by atoms with E-state index in [2.05, 4.69) is 21.2 Å². The number of amides is 1. The number of carbonyl (C=O) groups excluding carboxylic acids is 1. The fraction of sp³-hybridized carbons (Fsp3) is 0.125. The highest BCUT2D eigenvalue weighted by Crippen LogP contribution is 2.24. The molecule has 2 rings (SSSR count). The summed E-state index contributed by atoms with van der Waals surface area (Å²) in [7, 11) is 0. The molecule has 0 aliphatic heterocycles. The van der Waals surface area contributed by atoms with Crippen LogP contribution in [0.3, 0.4) is 0 Å². The number of benzene rings is 2. The zero-order valence-electron chi connectivity index (χ0n) is 11.8. The van der Waals surface area contributed by atoms with Crippen molar-refractivity contribution in [3.8, 4) is 5.40 Å². The van der Waals surface area contributed by atoms with Crippen molar-refractivity contribution in [3.63, 3.8) is 0 Å². The number of thioether (sulfide) groups is 2. The Morgan fingerprint density at radius 3 is 2.55 bits per heavy atom. The Balaban J connectivity index is 1.92. The molecule has 0 radical (unpaired) electrons. The molecule has 0 aliphatic rings. The second-order valence-corrected chi connectivity index (χ2v) is 7.28. The van der Waals surface area contributed by atoms with Crippen LogP contribution >= 0.6 is 39.5 Å². The van der Waals surface area contributed by atoms with Gasteiger partial charge in [-0.05, 0) is 66.7 Å². The molecule has 0 aliphatic carbocycles. The Hall–Kier alpha value is -1.42. The van der Waals surface area contributed by atoms with E-state index in [9.17, 15) is 4.79 Å². The summed E-state index contributed by atoms with van der Waals surface area (Å²) in [5, 5.41) is 13.6. The second kappa shape index (κ2) is 8.28. The lowest BCUT2D eigenvalue weighted by atomic mass is 10.2. The highest BCUT2D eigenvalue weighted by molar-refractivity contribution is 9.10. The normalized spacial score (nSPS) is 10.0. The smallest absolute Gasteiger partial charge is 0.234 e. The number of hydrogen-bond acceptors (Lipinski definition) is 4. The monoisotopic (exact) mass is 392 g/mol. The van der Waals surface area contributed by atoms with Crippen molar-refractivity contribution in [2.45, 2.75) is 16.7 Å². The van der Waals surface area contributed by atoms with E-state index < -0.39 is 0 Å². The third-order valence-corrected chi connectivity index (χ3v) is 4.94. The molecule has 0 saturated carbocycles. The fourth-order valence-corrected chi connectivity index (χ4v) is 3.20. The molecule has 0 heterocycles. The molecule has 2 aromatic rings. The molecule has 3 nitrogen and oxygen atoms in total. The van der Waals surface area contributed by atoms with E-state index in [1.165, 1.54) is 11.8 Å². The number of aryl methyl sites for hydroxylation is 1. The van der Waals surface area contributed by atoms with Crippen molar-refractivity contribution in [3.05, 3.63) is 52.5 Å². The predicted octanol–water partition coefficient (Wildman–Crippen LogP) is 5.06. The van der Waals surface area contributed by atoms with Gasteiger partial charge in [0.1, 0.15) is 5.40 Å². The topological polar surface area (TPSA) is 52.9 Å². The minimum Gasteiger partial charge on any atom is -0.325 e. The molecule has 0 atom stereocenters. The molecule has 0 aromatic heterocycles. The quantitative estimate of drug-likeness (QED) is 0.570. The first-order chi connectivity index (χ1) is 10.6. The van der Waals surface area contributed by atoms with Crippen molar-refractivity contribution in [2.24, 2.45) is 0 Å². The van der Waals surface area contributed by atoms with Gasteiger partial charge in [0.15, 0.2) is 0 Å². The Kier molecular flexibility index (Phi) is 6.37. The summed E-state index contributed by atoms with van der Waals surface area (Å²) < 4.78 is 1.02. The van der Waals surface area contributed by atoms with Crippen LogP contribution in [0, 0.1) is 17.6 Å². The van der Waals surface area contributed by atoms with Gasteiger partial charge in [-0.15, -0.1) is 11.8 Å². The lowest BCUT2D eigenvalue weighted by Crippen LogP contribution is -2.14. The third-order valence-electron chi connectivity index (χ3n) is 2.82. The first-order valence-corrected chi connectivity index (χ1v) is 9.03. The molecular weight excluding hydrogens is 380 g/mol. The first kappa shape index (κ1) is 16.9. The summed E-state index contributed by atoms with van der Waals surface area (Å²) in [6, 6.07) is 13.4. The summed E-state index contributed by atoms with van der Waals surface area (Å²) in [5.41, 5.74) is 1.73. The number of halogens is 1. The lowest BCUT2D eigenvalue weighted by Gasteiger charge is -2.09. The molecule has 0 bridgehead atoms. The SMILES string of the molecule is Cc1cc(SC#N)ccc1NC(=O)CSc1ccc(Br)cc1. The van der Waals surface area contributed by atoms with Crippen molar-refractivity contribution < 1.29 is 4.79 Å². The molecule has 6 heteroatoms. The molecule has 112 valence electrons. The zero-order chi connectivity index (χ0) is 15.9. The van der Waals surface area contributed by atoms with Gasteiger partial charge in [-0.2, -0.15) is 5.26 Å². The summed E-state index contributed by atoms with van der Waals surface area (Å²) in [4.78, 5) is 13.9. The van der Waals surface area contributed by atoms with Crippen molar-refractivity contribution in [1.82, 2.24) is 0 Å². The molecule has 0 spiro atoms. The minimum absolute atomic E-state index is 0.0447. The number of anilines is 1. The zero-order valence-corrected chi connectivity index (χ0v) is 15.0. The molecule has 0 saturated heterocycles. The van der Waals surface area contributed by atoms with Crippen LogP contribution in [0.4, 0.5) is 5.69 Å². The van der Waals surface area contributed by atoms with Crippen LogP contribution < -0.4 is 5.32 Å². The van der Waals surface area contributed by atoms with E-state index in [4.69, 9.17) is 5.26 Å². The van der Waals surface area contributed by atoms with Crippen LogP contribution in [0.2, 0.25) is 0 Å². The largest absolute Gasteiger partial charge is 0.325 e. The van der Waals surface area contributed by atoms with Gasteiger partial charge in [-0.3, -0.25) is 4.79 Å². The van der Waals surface area contributed by atoms with Gasteiger partial charge in [0.2, 0.25) is 5.91 Å². The van der Waals surface area contributed by atoms with Gasteiger partial charge in [-0.25, -0.2) is 0 Å². The predicted molar refractivity (Wildman–Crippen MR) is 96.1 cm³/mol. The summed E-state index contributed by atoms with van der Waals surface area (Å²) >= 11 is 5.99. The summed E-state index contributed by atoms with van der Waals surface area (Å²) in [5.74, 6) is 0.312. The second-order valence-electron chi connectivity index (χ2n) is 4.46. The number of nitrogens with one attached hydrogen (secondary N) is 1. The average molecular weight is 393 g/mol. The van der Waals surface area contributed by atoms with E-state index in [0.29, 0.717) is 5.75 Å². The number of hydrogen-bond donors (Lipinski definition) is 1. The Morgan fingerprint density at radius 2 is 1.91 bits per heavy atom. The highest BCUT2D eigenvalue weighted by Gasteiger charge is 2.07. The van der Waals surface area contributed by atoms with Gasteiger partial charge in [0.25, 0.3) is 0 Å².